The second-order valence-corrected chi connectivity index (χ2v) is 4.37. The summed E-state index contributed by atoms with van der Waals surface area (Å²) in [6.07, 6.45) is 5.16. The standard InChI is InChI=1S/C15H24O2/c1-3-4-5-9-12-16-14(2)13-17-15-10-7-6-8-11-15/h6-8,10-11,14H,3-5,9,12-13H2,1-2H3. The Morgan fingerprint density at radius 2 is 1.82 bits per heavy atom. The molecule has 0 N–H and O–H groups in total. The van der Waals surface area contributed by atoms with Crippen LogP contribution >= 0.6 is 0 Å². The number of para-hydroxylation sites is 1. The molecule has 0 aliphatic heterocycles. The third kappa shape index (κ3) is 7.01. The minimum Gasteiger partial charge on any atom is -0.491 e. The molecule has 1 aromatic carbocycles. The van der Waals surface area contributed by atoms with Gasteiger partial charge in [0.15, 0.2) is 0 Å². The third-order valence-corrected chi connectivity index (χ3v) is 2.63. The molecule has 0 bridgehead atoms. The lowest BCUT2D eigenvalue weighted by Crippen LogP contribution is -2.18. The highest BCUT2D eigenvalue weighted by molar-refractivity contribution is 5.20. The average Bonchev–Trinajstić information content (AvgIpc) is 2.37. The molecule has 0 saturated carbocycles. The van der Waals surface area contributed by atoms with Gasteiger partial charge < -0.3 is 9.47 Å². The highest BCUT2D eigenvalue weighted by atomic mass is 16.5. The lowest BCUT2D eigenvalue weighted by atomic mass is 10.2. The molecule has 0 heterocycles. The summed E-state index contributed by atoms with van der Waals surface area (Å²) >= 11 is 0. The van der Waals surface area contributed by atoms with Gasteiger partial charge in [-0.2, -0.15) is 0 Å². The molecule has 0 radical (unpaired) electrons. The van der Waals surface area contributed by atoms with E-state index in [-0.39, 0.29) is 6.10 Å². The molecule has 0 aliphatic rings. The van der Waals surface area contributed by atoms with Crippen molar-refractivity contribution in [3.8, 4) is 5.75 Å². The van der Waals surface area contributed by atoms with Crippen LogP contribution in [0, 0.1) is 0 Å². The van der Waals surface area contributed by atoms with Gasteiger partial charge in [-0.15, -0.1) is 0 Å². The van der Waals surface area contributed by atoms with Crippen LogP contribution in [0.2, 0.25) is 0 Å². The normalized spacial score (nSPS) is 12.4. The molecule has 2 nitrogen and oxygen atoms in total. The molecule has 0 fully saturated rings. The first-order chi connectivity index (χ1) is 8.33. The summed E-state index contributed by atoms with van der Waals surface area (Å²) in [7, 11) is 0. The fraction of sp³-hybridized carbons (Fsp3) is 0.600. The number of unbranched alkanes of at least 4 members (excludes halogenated alkanes) is 3. The molecule has 0 aromatic heterocycles. The van der Waals surface area contributed by atoms with Gasteiger partial charge in [0.05, 0.1) is 6.10 Å². The molecule has 1 aromatic rings. The summed E-state index contributed by atoms with van der Waals surface area (Å²) in [6, 6.07) is 9.87. The molecular formula is C15H24O2. The van der Waals surface area contributed by atoms with Crippen molar-refractivity contribution in [2.45, 2.75) is 45.6 Å². The van der Waals surface area contributed by atoms with Crippen LogP contribution in [0.15, 0.2) is 30.3 Å². The van der Waals surface area contributed by atoms with E-state index < -0.39 is 0 Å². The zero-order valence-corrected chi connectivity index (χ0v) is 11.0. The maximum atomic E-state index is 5.69. The van der Waals surface area contributed by atoms with E-state index in [0.29, 0.717) is 6.61 Å². The molecule has 1 unspecified atom stereocenters. The van der Waals surface area contributed by atoms with Crippen molar-refractivity contribution in [1.29, 1.82) is 0 Å². The fourth-order valence-corrected chi connectivity index (χ4v) is 1.59. The molecule has 1 atom stereocenters. The van der Waals surface area contributed by atoms with Crippen LogP contribution in [0.1, 0.15) is 39.5 Å². The number of hydrogen-bond acceptors (Lipinski definition) is 2. The summed E-state index contributed by atoms with van der Waals surface area (Å²) < 4.78 is 11.3. The quantitative estimate of drug-likeness (QED) is 0.602. The van der Waals surface area contributed by atoms with Gasteiger partial charge in [-0.05, 0) is 25.5 Å². The lowest BCUT2D eigenvalue weighted by Gasteiger charge is -2.14. The zero-order valence-electron chi connectivity index (χ0n) is 11.0. The molecule has 0 amide bonds. The number of rotatable bonds is 9. The summed E-state index contributed by atoms with van der Waals surface area (Å²) in [5, 5.41) is 0. The van der Waals surface area contributed by atoms with Gasteiger partial charge in [0.1, 0.15) is 12.4 Å². The Balaban J connectivity index is 2.03. The van der Waals surface area contributed by atoms with Crippen molar-refractivity contribution in [3.05, 3.63) is 30.3 Å². The fourth-order valence-electron chi connectivity index (χ4n) is 1.59. The summed E-state index contributed by atoms with van der Waals surface area (Å²) in [5.41, 5.74) is 0. The highest BCUT2D eigenvalue weighted by Gasteiger charge is 2.02. The van der Waals surface area contributed by atoms with Crippen LogP contribution in [-0.4, -0.2) is 19.3 Å². The smallest absolute Gasteiger partial charge is 0.119 e. The van der Waals surface area contributed by atoms with Crippen LogP contribution in [-0.2, 0) is 4.74 Å². The van der Waals surface area contributed by atoms with Crippen molar-refractivity contribution >= 4 is 0 Å². The van der Waals surface area contributed by atoms with Gasteiger partial charge in [0.25, 0.3) is 0 Å². The molecule has 0 spiro atoms. The van der Waals surface area contributed by atoms with E-state index in [0.717, 1.165) is 18.8 Å². The van der Waals surface area contributed by atoms with Crippen molar-refractivity contribution in [2.24, 2.45) is 0 Å². The predicted molar refractivity (Wildman–Crippen MR) is 71.5 cm³/mol. The SMILES string of the molecule is CCCCCCOC(C)COc1ccccc1. The van der Waals surface area contributed by atoms with Gasteiger partial charge in [-0.25, -0.2) is 0 Å². The maximum absolute atomic E-state index is 5.69. The maximum Gasteiger partial charge on any atom is 0.119 e. The number of ether oxygens (including phenoxy) is 2. The Morgan fingerprint density at radius 1 is 1.06 bits per heavy atom. The van der Waals surface area contributed by atoms with Gasteiger partial charge in [-0.1, -0.05) is 44.4 Å². The van der Waals surface area contributed by atoms with E-state index in [1.165, 1.54) is 19.3 Å². The second-order valence-electron chi connectivity index (χ2n) is 4.37. The first-order valence-corrected chi connectivity index (χ1v) is 6.62. The predicted octanol–water partition coefficient (Wildman–Crippen LogP) is 4.05. The van der Waals surface area contributed by atoms with E-state index in [9.17, 15) is 0 Å². The monoisotopic (exact) mass is 236 g/mol. The minimum atomic E-state index is 0.164. The van der Waals surface area contributed by atoms with E-state index >= 15 is 0 Å². The van der Waals surface area contributed by atoms with Crippen LogP contribution in [0.4, 0.5) is 0 Å². The first-order valence-electron chi connectivity index (χ1n) is 6.62. The van der Waals surface area contributed by atoms with E-state index in [1.54, 1.807) is 0 Å². The Morgan fingerprint density at radius 3 is 2.53 bits per heavy atom. The van der Waals surface area contributed by atoms with E-state index in [1.807, 2.05) is 30.3 Å². The third-order valence-electron chi connectivity index (χ3n) is 2.63. The van der Waals surface area contributed by atoms with Crippen LogP contribution < -0.4 is 4.74 Å². The first kappa shape index (κ1) is 14.0. The molecule has 0 aliphatic carbocycles. The Hall–Kier alpha value is -1.02. The van der Waals surface area contributed by atoms with E-state index in [2.05, 4.69) is 13.8 Å². The van der Waals surface area contributed by atoms with Gasteiger partial charge in [-0.3, -0.25) is 0 Å². The Bertz CT molecular complexity index is 272. The molecule has 1 rings (SSSR count). The van der Waals surface area contributed by atoms with E-state index in [4.69, 9.17) is 9.47 Å². The molecule has 96 valence electrons. The molecule has 2 heteroatoms. The average molecular weight is 236 g/mol. The minimum absolute atomic E-state index is 0.164. The lowest BCUT2D eigenvalue weighted by molar-refractivity contribution is 0.0302. The molecule has 0 saturated heterocycles. The van der Waals surface area contributed by atoms with Gasteiger partial charge in [0, 0.05) is 6.61 Å². The highest BCUT2D eigenvalue weighted by Crippen LogP contribution is 2.09. The Labute approximate surface area is 105 Å². The number of hydrogen-bond donors (Lipinski definition) is 0. The summed E-state index contributed by atoms with van der Waals surface area (Å²) in [4.78, 5) is 0. The number of benzene rings is 1. The largest absolute Gasteiger partial charge is 0.491 e. The van der Waals surface area contributed by atoms with Crippen LogP contribution in [0.5, 0.6) is 5.75 Å². The topological polar surface area (TPSA) is 18.5 Å². The summed E-state index contributed by atoms with van der Waals surface area (Å²) in [5.74, 6) is 0.911. The Kier molecular flexibility index (Phi) is 7.48. The second kappa shape index (κ2) is 9.06. The van der Waals surface area contributed by atoms with Crippen molar-refractivity contribution in [2.75, 3.05) is 13.2 Å². The zero-order chi connectivity index (χ0) is 12.3. The summed E-state index contributed by atoms with van der Waals surface area (Å²) in [6.45, 7) is 5.75. The van der Waals surface area contributed by atoms with Crippen molar-refractivity contribution < 1.29 is 9.47 Å². The van der Waals surface area contributed by atoms with Gasteiger partial charge >= 0.3 is 0 Å². The van der Waals surface area contributed by atoms with Crippen molar-refractivity contribution in [3.63, 3.8) is 0 Å². The molecule has 17 heavy (non-hydrogen) atoms. The van der Waals surface area contributed by atoms with Crippen molar-refractivity contribution in [1.82, 2.24) is 0 Å². The molecular weight excluding hydrogens is 212 g/mol. The van der Waals surface area contributed by atoms with Crippen LogP contribution in [0.3, 0.4) is 0 Å². The van der Waals surface area contributed by atoms with Crippen LogP contribution in [0.25, 0.3) is 0 Å². The van der Waals surface area contributed by atoms with Gasteiger partial charge in [0.2, 0.25) is 0 Å².